The van der Waals surface area contributed by atoms with Crippen LogP contribution in [0, 0.1) is 0 Å². The quantitative estimate of drug-likeness (QED) is 0.597. The van der Waals surface area contributed by atoms with Crippen LogP contribution in [0.4, 0.5) is 0 Å². The van der Waals surface area contributed by atoms with Crippen molar-refractivity contribution in [2.45, 2.75) is 25.7 Å². The van der Waals surface area contributed by atoms with Crippen LogP contribution in [-0.4, -0.2) is 17.4 Å². The molecule has 0 aliphatic rings. The van der Waals surface area contributed by atoms with Crippen molar-refractivity contribution in [3.05, 3.63) is 34.3 Å². The van der Waals surface area contributed by atoms with Crippen LogP contribution >= 0.6 is 28.1 Å². The monoisotopic (exact) mass is 328 g/mol. The van der Waals surface area contributed by atoms with Crippen molar-refractivity contribution in [3.8, 4) is 0 Å². The zero-order valence-electron chi connectivity index (χ0n) is 10.1. The third-order valence-electron chi connectivity index (χ3n) is 2.45. The van der Waals surface area contributed by atoms with Gasteiger partial charge in [-0.15, -0.1) is 0 Å². The Morgan fingerprint density at radius 2 is 1.94 bits per heavy atom. The van der Waals surface area contributed by atoms with Crippen molar-refractivity contribution >= 4 is 39.0 Å². The van der Waals surface area contributed by atoms with Crippen molar-refractivity contribution in [2.24, 2.45) is 5.73 Å². The average Bonchev–Trinajstić information content (AvgIpc) is 2.31. The first-order valence-corrected chi connectivity index (χ1v) is 7.07. The number of carbonyl (C=O) groups is 1. The smallest absolute Gasteiger partial charge is 0.224 e. The minimum atomic E-state index is 0.0487. The van der Waals surface area contributed by atoms with Gasteiger partial charge in [0, 0.05) is 11.0 Å². The summed E-state index contributed by atoms with van der Waals surface area (Å²) in [5, 5.41) is 2.88. The molecule has 0 unspecified atom stereocenters. The number of thiocarbonyl (C=S) groups is 1. The molecule has 0 aliphatic carbocycles. The maximum Gasteiger partial charge on any atom is 0.224 e. The van der Waals surface area contributed by atoms with Crippen LogP contribution in [0.3, 0.4) is 0 Å². The molecule has 0 heterocycles. The summed E-state index contributed by atoms with van der Waals surface area (Å²) in [6.07, 6.45) is 3.00. The largest absolute Gasteiger partial charge is 0.393 e. The minimum absolute atomic E-state index is 0.0487. The van der Waals surface area contributed by atoms with E-state index >= 15 is 0 Å². The average molecular weight is 329 g/mol. The number of rotatable bonds is 7. The van der Waals surface area contributed by atoms with Gasteiger partial charge >= 0.3 is 0 Å². The van der Waals surface area contributed by atoms with Crippen LogP contribution in [0.15, 0.2) is 28.7 Å². The zero-order chi connectivity index (χ0) is 13.4. The van der Waals surface area contributed by atoms with Gasteiger partial charge in [0.1, 0.15) is 0 Å². The molecule has 5 heteroatoms. The lowest BCUT2D eigenvalue weighted by Gasteiger charge is -2.05. The van der Waals surface area contributed by atoms with Crippen molar-refractivity contribution in [1.29, 1.82) is 0 Å². The Morgan fingerprint density at radius 3 is 2.56 bits per heavy atom. The first-order chi connectivity index (χ1) is 8.58. The van der Waals surface area contributed by atoms with E-state index < -0.39 is 0 Å². The fourth-order valence-electron chi connectivity index (χ4n) is 1.50. The summed E-state index contributed by atoms with van der Waals surface area (Å²) in [5.41, 5.74) is 6.40. The highest BCUT2D eigenvalue weighted by Gasteiger charge is 2.02. The molecule has 3 N–H and O–H groups in total. The number of carbonyl (C=O) groups excluding carboxylic acids is 1. The Balaban J connectivity index is 2.17. The van der Waals surface area contributed by atoms with Crippen LogP contribution < -0.4 is 11.1 Å². The van der Waals surface area contributed by atoms with Crippen LogP contribution in [0.5, 0.6) is 0 Å². The van der Waals surface area contributed by atoms with Crippen molar-refractivity contribution in [3.63, 3.8) is 0 Å². The van der Waals surface area contributed by atoms with Crippen LogP contribution in [-0.2, 0) is 11.2 Å². The van der Waals surface area contributed by atoms with E-state index in [9.17, 15) is 4.79 Å². The van der Waals surface area contributed by atoms with E-state index in [0.717, 1.165) is 29.3 Å². The lowest BCUT2D eigenvalue weighted by molar-refractivity contribution is -0.120. The Hall–Kier alpha value is -0.940. The Bertz CT molecular complexity index is 406. The molecule has 0 aromatic heterocycles. The van der Waals surface area contributed by atoms with Crippen LogP contribution in [0.25, 0.3) is 0 Å². The number of nitrogens with one attached hydrogen (secondary N) is 1. The molecule has 0 radical (unpaired) electrons. The van der Waals surface area contributed by atoms with Gasteiger partial charge in [0.2, 0.25) is 5.91 Å². The van der Waals surface area contributed by atoms with Gasteiger partial charge in [-0.25, -0.2) is 0 Å². The van der Waals surface area contributed by atoms with E-state index in [-0.39, 0.29) is 5.91 Å². The van der Waals surface area contributed by atoms with Gasteiger partial charge in [0.15, 0.2) is 0 Å². The van der Waals surface area contributed by atoms with Crippen LogP contribution in [0.2, 0.25) is 0 Å². The third kappa shape index (κ3) is 6.71. The molecule has 0 spiro atoms. The second-order valence-electron chi connectivity index (χ2n) is 4.08. The summed E-state index contributed by atoms with van der Waals surface area (Å²) in [7, 11) is 0. The second kappa shape index (κ2) is 8.21. The first kappa shape index (κ1) is 15.1. The number of amides is 1. The Labute approximate surface area is 121 Å². The predicted molar refractivity (Wildman–Crippen MR) is 81.5 cm³/mol. The molecule has 1 aromatic rings. The van der Waals surface area contributed by atoms with Gasteiger partial charge < -0.3 is 11.1 Å². The van der Waals surface area contributed by atoms with E-state index in [1.807, 2.05) is 24.3 Å². The molecule has 1 aromatic carbocycles. The molecule has 0 bridgehead atoms. The minimum Gasteiger partial charge on any atom is -0.393 e. The Kier molecular flexibility index (Phi) is 6.90. The number of halogens is 1. The molecule has 0 saturated heterocycles. The fraction of sp³-hybridized carbons (Fsp3) is 0.385. The number of hydrogen-bond donors (Lipinski definition) is 2. The van der Waals surface area contributed by atoms with E-state index in [0.29, 0.717) is 18.0 Å². The molecule has 1 amide bonds. The summed E-state index contributed by atoms with van der Waals surface area (Å²) in [5.74, 6) is 0.0487. The van der Waals surface area contributed by atoms with Gasteiger partial charge in [-0.2, -0.15) is 0 Å². The van der Waals surface area contributed by atoms with E-state index in [4.69, 9.17) is 18.0 Å². The molecule has 0 aliphatic heterocycles. The topological polar surface area (TPSA) is 55.1 Å². The normalized spacial score (nSPS) is 10.1. The molecule has 1 rings (SSSR count). The van der Waals surface area contributed by atoms with Gasteiger partial charge in [-0.05, 0) is 37.0 Å². The molecule has 98 valence electrons. The number of benzene rings is 1. The predicted octanol–water partition coefficient (Wildman–Crippen LogP) is 2.56. The van der Waals surface area contributed by atoms with Gasteiger partial charge in [0.25, 0.3) is 0 Å². The van der Waals surface area contributed by atoms with Crippen molar-refractivity contribution in [1.82, 2.24) is 5.32 Å². The summed E-state index contributed by atoms with van der Waals surface area (Å²) in [6, 6.07) is 7.75. The van der Waals surface area contributed by atoms with E-state index in [1.54, 1.807) is 0 Å². The maximum atomic E-state index is 11.6. The third-order valence-corrected chi connectivity index (χ3v) is 3.18. The number of hydrogen-bond acceptors (Lipinski definition) is 2. The number of unbranched alkanes of at least 4 members (excludes halogenated alkanes) is 1. The van der Waals surface area contributed by atoms with Gasteiger partial charge in [0.05, 0.1) is 11.4 Å². The van der Waals surface area contributed by atoms with Gasteiger partial charge in [-0.3, -0.25) is 4.79 Å². The molecular formula is C13H17BrN2OS. The number of nitrogens with two attached hydrogens (primary N) is 1. The van der Waals surface area contributed by atoms with Gasteiger partial charge in [-0.1, -0.05) is 40.3 Å². The zero-order valence-corrected chi connectivity index (χ0v) is 12.5. The molecule has 0 saturated carbocycles. The lowest BCUT2D eigenvalue weighted by Crippen LogP contribution is -2.26. The Morgan fingerprint density at radius 1 is 1.28 bits per heavy atom. The highest BCUT2D eigenvalue weighted by atomic mass is 79.9. The maximum absolute atomic E-state index is 11.6. The molecular weight excluding hydrogens is 312 g/mol. The fourth-order valence-corrected chi connectivity index (χ4v) is 1.91. The molecule has 3 nitrogen and oxygen atoms in total. The summed E-state index contributed by atoms with van der Waals surface area (Å²) < 4.78 is 1.02. The highest BCUT2D eigenvalue weighted by molar-refractivity contribution is 9.10. The van der Waals surface area contributed by atoms with E-state index in [1.165, 1.54) is 0 Å². The highest BCUT2D eigenvalue weighted by Crippen LogP contribution is 2.10. The van der Waals surface area contributed by atoms with Crippen molar-refractivity contribution in [2.75, 3.05) is 6.54 Å². The van der Waals surface area contributed by atoms with E-state index in [2.05, 4.69) is 21.2 Å². The van der Waals surface area contributed by atoms with Crippen LogP contribution in [0.1, 0.15) is 24.8 Å². The first-order valence-electron chi connectivity index (χ1n) is 5.87. The van der Waals surface area contributed by atoms with Crippen molar-refractivity contribution < 1.29 is 4.79 Å². The SMILES string of the molecule is NC(=S)CCCCNC(=O)Cc1ccc(Br)cc1. The standard InChI is InChI=1S/C13H17BrN2OS/c14-11-6-4-10(5-7-11)9-13(17)16-8-2-1-3-12(15)18/h4-7H,1-3,8-9H2,(H2,15,18)(H,16,17). The molecule has 0 atom stereocenters. The lowest BCUT2D eigenvalue weighted by atomic mass is 10.1. The summed E-state index contributed by atoms with van der Waals surface area (Å²) in [4.78, 5) is 12.2. The molecule has 0 fully saturated rings. The second-order valence-corrected chi connectivity index (χ2v) is 5.52. The molecule has 18 heavy (non-hydrogen) atoms. The summed E-state index contributed by atoms with van der Waals surface area (Å²) in [6.45, 7) is 0.679. The summed E-state index contributed by atoms with van der Waals surface area (Å²) >= 11 is 8.14.